The van der Waals surface area contributed by atoms with Gasteiger partial charge < -0.3 is 10.2 Å². The third-order valence-corrected chi connectivity index (χ3v) is 4.84. The summed E-state index contributed by atoms with van der Waals surface area (Å²) in [7, 11) is 1.69. The highest BCUT2D eigenvalue weighted by molar-refractivity contribution is 5.77. The Morgan fingerprint density at radius 3 is 2.78 bits per heavy atom. The van der Waals surface area contributed by atoms with Gasteiger partial charge in [0.2, 0.25) is 5.91 Å². The zero-order valence-corrected chi connectivity index (χ0v) is 14.2. The van der Waals surface area contributed by atoms with E-state index < -0.39 is 0 Å². The highest BCUT2D eigenvalue weighted by Gasteiger charge is 2.25. The zero-order chi connectivity index (χ0) is 16.2. The van der Waals surface area contributed by atoms with Gasteiger partial charge in [-0.1, -0.05) is 0 Å². The number of aryl methyl sites for hydroxylation is 1. The molecule has 0 bridgehead atoms. The van der Waals surface area contributed by atoms with Crippen LogP contribution in [0.5, 0.6) is 0 Å². The molecule has 0 aromatic carbocycles. The molecule has 2 aliphatic heterocycles. The zero-order valence-electron chi connectivity index (χ0n) is 14.2. The van der Waals surface area contributed by atoms with E-state index in [0.29, 0.717) is 12.5 Å². The van der Waals surface area contributed by atoms with Crippen LogP contribution in [-0.4, -0.2) is 60.5 Å². The molecular weight excluding hydrogens is 290 g/mol. The SMILES string of the molecule is CNC(=O)CN1CCC[C@H](c2cc(N3CCCC3)nc(C)n2)C1. The smallest absolute Gasteiger partial charge is 0.233 e. The number of anilines is 1. The first-order valence-corrected chi connectivity index (χ1v) is 8.69. The van der Waals surface area contributed by atoms with Gasteiger partial charge in [-0.05, 0) is 39.2 Å². The number of likely N-dealkylation sites (tertiary alicyclic amines) is 1. The Balaban J connectivity index is 1.73. The van der Waals surface area contributed by atoms with Crippen molar-refractivity contribution in [1.82, 2.24) is 20.2 Å². The van der Waals surface area contributed by atoms with Crippen molar-refractivity contribution in [3.8, 4) is 0 Å². The lowest BCUT2D eigenvalue weighted by Gasteiger charge is -2.32. The molecule has 6 nitrogen and oxygen atoms in total. The van der Waals surface area contributed by atoms with Crippen molar-refractivity contribution >= 4 is 11.7 Å². The van der Waals surface area contributed by atoms with Crippen LogP contribution >= 0.6 is 0 Å². The minimum Gasteiger partial charge on any atom is -0.358 e. The Labute approximate surface area is 138 Å². The second kappa shape index (κ2) is 7.25. The van der Waals surface area contributed by atoms with Crippen LogP contribution in [0.4, 0.5) is 5.82 Å². The van der Waals surface area contributed by atoms with Gasteiger partial charge in [0.15, 0.2) is 0 Å². The Morgan fingerprint density at radius 1 is 1.26 bits per heavy atom. The molecule has 2 fully saturated rings. The molecule has 0 unspecified atom stereocenters. The lowest BCUT2D eigenvalue weighted by molar-refractivity contribution is -0.122. The van der Waals surface area contributed by atoms with Gasteiger partial charge >= 0.3 is 0 Å². The maximum Gasteiger partial charge on any atom is 0.233 e. The molecule has 0 saturated carbocycles. The fraction of sp³-hybridized carbons (Fsp3) is 0.706. The molecule has 0 spiro atoms. The largest absolute Gasteiger partial charge is 0.358 e. The quantitative estimate of drug-likeness (QED) is 0.907. The van der Waals surface area contributed by atoms with E-state index in [0.717, 1.165) is 56.4 Å². The number of aromatic nitrogens is 2. The van der Waals surface area contributed by atoms with Gasteiger partial charge in [-0.25, -0.2) is 9.97 Å². The Kier molecular flexibility index (Phi) is 5.10. The minimum absolute atomic E-state index is 0.0854. The van der Waals surface area contributed by atoms with E-state index in [-0.39, 0.29) is 5.91 Å². The van der Waals surface area contributed by atoms with Crippen molar-refractivity contribution < 1.29 is 4.79 Å². The fourth-order valence-corrected chi connectivity index (χ4v) is 3.61. The van der Waals surface area contributed by atoms with Crippen molar-refractivity contribution in [3.05, 3.63) is 17.6 Å². The monoisotopic (exact) mass is 317 g/mol. The van der Waals surface area contributed by atoms with Gasteiger partial charge in [-0.15, -0.1) is 0 Å². The number of nitrogens with one attached hydrogen (secondary N) is 1. The Hall–Kier alpha value is -1.69. The van der Waals surface area contributed by atoms with Crippen LogP contribution in [-0.2, 0) is 4.79 Å². The predicted molar refractivity (Wildman–Crippen MR) is 90.7 cm³/mol. The first-order valence-electron chi connectivity index (χ1n) is 8.69. The van der Waals surface area contributed by atoms with E-state index in [1.807, 2.05) is 6.92 Å². The van der Waals surface area contributed by atoms with Gasteiger partial charge in [-0.3, -0.25) is 9.69 Å². The van der Waals surface area contributed by atoms with E-state index >= 15 is 0 Å². The molecule has 0 radical (unpaired) electrons. The van der Waals surface area contributed by atoms with Crippen LogP contribution in [0.2, 0.25) is 0 Å². The van der Waals surface area contributed by atoms with Gasteiger partial charge in [0, 0.05) is 38.7 Å². The van der Waals surface area contributed by atoms with E-state index in [4.69, 9.17) is 4.98 Å². The van der Waals surface area contributed by atoms with Crippen LogP contribution in [0.3, 0.4) is 0 Å². The van der Waals surface area contributed by atoms with Crippen molar-refractivity contribution in [3.63, 3.8) is 0 Å². The molecule has 1 N–H and O–H groups in total. The third kappa shape index (κ3) is 3.99. The van der Waals surface area contributed by atoms with E-state index in [1.165, 1.54) is 12.8 Å². The number of carbonyl (C=O) groups excluding carboxylic acids is 1. The summed E-state index contributed by atoms with van der Waals surface area (Å²) < 4.78 is 0. The van der Waals surface area contributed by atoms with Gasteiger partial charge in [0.1, 0.15) is 11.6 Å². The molecule has 1 atom stereocenters. The number of piperidine rings is 1. The first kappa shape index (κ1) is 16.2. The molecule has 1 aromatic rings. The number of rotatable bonds is 4. The summed E-state index contributed by atoms with van der Waals surface area (Å²) in [6, 6.07) is 2.17. The van der Waals surface area contributed by atoms with Crippen LogP contribution in [0, 0.1) is 6.92 Å². The highest BCUT2D eigenvalue weighted by Crippen LogP contribution is 2.28. The molecule has 1 aromatic heterocycles. The van der Waals surface area contributed by atoms with E-state index in [9.17, 15) is 4.79 Å². The lowest BCUT2D eigenvalue weighted by Crippen LogP contribution is -2.41. The third-order valence-electron chi connectivity index (χ3n) is 4.84. The molecule has 0 aliphatic carbocycles. The molecule has 126 valence electrons. The highest BCUT2D eigenvalue weighted by atomic mass is 16.1. The summed E-state index contributed by atoms with van der Waals surface area (Å²) in [5, 5.41) is 2.71. The van der Waals surface area contributed by atoms with Crippen molar-refractivity contribution in [2.24, 2.45) is 0 Å². The summed E-state index contributed by atoms with van der Waals surface area (Å²) in [5.74, 6) is 2.42. The summed E-state index contributed by atoms with van der Waals surface area (Å²) in [6.45, 7) is 6.56. The molecule has 1 amide bonds. The van der Waals surface area contributed by atoms with Crippen molar-refractivity contribution in [2.45, 2.75) is 38.5 Å². The van der Waals surface area contributed by atoms with Crippen LogP contribution in [0.25, 0.3) is 0 Å². The average molecular weight is 317 g/mol. The standard InChI is InChI=1S/C17H27N5O/c1-13-19-15(10-16(20-13)22-8-3-4-9-22)14-6-5-7-21(11-14)12-17(23)18-2/h10,14H,3-9,11-12H2,1-2H3,(H,18,23)/t14-/m0/s1. The van der Waals surface area contributed by atoms with Crippen LogP contribution in [0.15, 0.2) is 6.07 Å². The van der Waals surface area contributed by atoms with Crippen molar-refractivity contribution in [1.29, 1.82) is 0 Å². The Bertz CT molecular complexity index is 556. The predicted octanol–water partition coefficient (Wildman–Crippen LogP) is 1.31. The maximum atomic E-state index is 11.6. The first-order chi connectivity index (χ1) is 11.2. The fourth-order valence-electron chi connectivity index (χ4n) is 3.61. The number of nitrogens with zero attached hydrogens (tertiary/aromatic N) is 4. The number of carbonyl (C=O) groups is 1. The molecule has 2 aliphatic rings. The maximum absolute atomic E-state index is 11.6. The topological polar surface area (TPSA) is 61.4 Å². The normalized spacial score (nSPS) is 22.3. The van der Waals surface area contributed by atoms with E-state index in [1.54, 1.807) is 7.05 Å². The summed E-state index contributed by atoms with van der Waals surface area (Å²) >= 11 is 0. The minimum atomic E-state index is 0.0854. The summed E-state index contributed by atoms with van der Waals surface area (Å²) in [4.78, 5) is 25.5. The molecule has 2 saturated heterocycles. The van der Waals surface area contributed by atoms with E-state index in [2.05, 4.69) is 26.2 Å². The Morgan fingerprint density at radius 2 is 2.04 bits per heavy atom. The molecular formula is C17H27N5O. The second-order valence-corrected chi connectivity index (χ2v) is 6.64. The molecule has 3 rings (SSSR count). The van der Waals surface area contributed by atoms with Crippen molar-refractivity contribution in [2.75, 3.05) is 44.7 Å². The number of hydrogen-bond donors (Lipinski definition) is 1. The number of likely N-dealkylation sites (N-methyl/N-ethyl adjacent to an activating group) is 1. The number of amides is 1. The summed E-state index contributed by atoms with van der Waals surface area (Å²) in [5.41, 5.74) is 1.14. The second-order valence-electron chi connectivity index (χ2n) is 6.64. The van der Waals surface area contributed by atoms with Gasteiger partial charge in [0.25, 0.3) is 0 Å². The van der Waals surface area contributed by atoms with Crippen LogP contribution < -0.4 is 10.2 Å². The summed E-state index contributed by atoms with van der Waals surface area (Å²) in [6.07, 6.45) is 4.76. The lowest BCUT2D eigenvalue weighted by atomic mass is 9.94. The van der Waals surface area contributed by atoms with Crippen LogP contribution in [0.1, 0.15) is 43.1 Å². The van der Waals surface area contributed by atoms with Gasteiger partial charge in [-0.2, -0.15) is 0 Å². The average Bonchev–Trinajstić information content (AvgIpc) is 3.09. The molecule has 23 heavy (non-hydrogen) atoms. The molecule has 6 heteroatoms. The van der Waals surface area contributed by atoms with Gasteiger partial charge in [0.05, 0.1) is 12.2 Å². The number of hydrogen-bond acceptors (Lipinski definition) is 5. The molecule has 3 heterocycles.